The number of hydrogen-bond acceptors (Lipinski definition) is 2. The highest BCUT2D eigenvalue weighted by atomic mass is 15.3. The van der Waals surface area contributed by atoms with Gasteiger partial charge in [-0.15, -0.1) is 0 Å². The molecule has 4 heteroatoms. The first-order chi connectivity index (χ1) is 8.31. The van der Waals surface area contributed by atoms with Crippen molar-refractivity contribution in [1.82, 2.24) is 14.8 Å². The van der Waals surface area contributed by atoms with Crippen LogP contribution in [0, 0.1) is 0 Å². The molecule has 1 aromatic carbocycles. The summed E-state index contributed by atoms with van der Waals surface area (Å²) in [5.74, 6) is 0.902. The highest BCUT2D eigenvalue weighted by Gasteiger charge is 1.99. The minimum atomic E-state index is 0.784. The van der Waals surface area contributed by atoms with E-state index in [1.807, 2.05) is 25.5 Å². The molecule has 2 heterocycles. The summed E-state index contributed by atoms with van der Waals surface area (Å²) in [5, 5.41) is 8.81. The maximum atomic E-state index is 4.28. The Hall–Kier alpha value is -2.23. The molecular formula is C13H14N4. The van der Waals surface area contributed by atoms with Crippen molar-refractivity contribution < 1.29 is 0 Å². The van der Waals surface area contributed by atoms with Gasteiger partial charge in [-0.1, -0.05) is 12.1 Å². The second-order valence-corrected chi connectivity index (χ2v) is 4.13. The van der Waals surface area contributed by atoms with Gasteiger partial charge in [0.05, 0.1) is 0 Å². The zero-order valence-corrected chi connectivity index (χ0v) is 9.64. The number of aromatic amines is 1. The molecule has 2 aromatic heterocycles. The van der Waals surface area contributed by atoms with Crippen molar-refractivity contribution in [2.45, 2.75) is 6.54 Å². The molecule has 0 saturated heterocycles. The van der Waals surface area contributed by atoms with Crippen LogP contribution in [0.25, 0.3) is 10.9 Å². The van der Waals surface area contributed by atoms with Crippen LogP contribution in [0.2, 0.25) is 0 Å². The zero-order chi connectivity index (χ0) is 11.7. The minimum absolute atomic E-state index is 0.784. The van der Waals surface area contributed by atoms with Gasteiger partial charge in [-0.3, -0.25) is 4.68 Å². The molecule has 3 rings (SSSR count). The summed E-state index contributed by atoms with van der Waals surface area (Å²) in [4.78, 5) is 3.21. The van der Waals surface area contributed by atoms with Crippen LogP contribution < -0.4 is 5.32 Å². The van der Waals surface area contributed by atoms with Crippen LogP contribution in [-0.2, 0) is 13.6 Å². The summed E-state index contributed by atoms with van der Waals surface area (Å²) >= 11 is 0. The van der Waals surface area contributed by atoms with E-state index in [-0.39, 0.29) is 0 Å². The molecule has 0 aliphatic rings. The number of anilines is 1. The molecular weight excluding hydrogens is 212 g/mol. The smallest absolute Gasteiger partial charge is 0.148 e. The molecule has 0 aliphatic carbocycles. The van der Waals surface area contributed by atoms with Gasteiger partial charge >= 0.3 is 0 Å². The quantitative estimate of drug-likeness (QED) is 0.720. The molecule has 86 valence electrons. The molecule has 0 bridgehead atoms. The van der Waals surface area contributed by atoms with Gasteiger partial charge in [-0.2, -0.15) is 5.10 Å². The molecule has 0 aliphatic heterocycles. The molecule has 0 amide bonds. The van der Waals surface area contributed by atoms with Crippen LogP contribution in [-0.4, -0.2) is 14.8 Å². The summed E-state index contributed by atoms with van der Waals surface area (Å²) in [5.41, 5.74) is 2.41. The van der Waals surface area contributed by atoms with Crippen LogP contribution in [0.15, 0.2) is 42.7 Å². The van der Waals surface area contributed by atoms with Gasteiger partial charge in [0, 0.05) is 37.6 Å². The lowest BCUT2D eigenvalue weighted by Crippen LogP contribution is -2.00. The summed E-state index contributed by atoms with van der Waals surface area (Å²) < 4.78 is 1.79. The Labute approximate surface area is 99.3 Å². The molecule has 0 unspecified atom stereocenters. The fraction of sp³-hybridized carbons (Fsp3) is 0.154. The maximum Gasteiger partial charge on any atom is 0.148 e. The number of nitrogens with zero attached hydrogens (tertiary/aromatic N) is 2. The second-order valence-electron chi connectivity index (χ2n) is 4.13. The first-order valence-electron chi connectivity index (χ1n) is 5.61. The Kier molecular flexibility index (Phi) is 2.33. The van der Waals surface area contributed by atoms with Crippen molar-refractivity contribution in [3.05, 3.63) is 48.3 Å². The van der Waals surface area contributed by atoms with E-state index in [1.54, 1.807) is 4.68 Å². The molecule has 0 fully saturated rings. The number of rotatable bonds is 3. The lowest BCUT2D eigenvalue weighted by Gasteiger charge is -2.03. The standard InChI is InChI=1S/C13H14N4/c1-17-7-5-13(16-17)15-9-10-2-3-11-4-6-14-12(11)8-10/h2-8,14H,9H2,1H3,(H,15,16). The number of nitrogens with one attached hydrogen (secondary N) is 2. The Morgan fingerprint density at radius 1 is 1.29 bits per heavy atom. The van der Waals surface area contributed by atoms with Crippen molar-refractivity contribution in [2.24, 2.45) is 7.05 Å². The second kappa shape index (κ2) is 3.97. The van der Waals surface area contributed by atoms with E-state index in [0.29, 0.717) is 0 Å². The third-order valence-corrected chi connectivity index (χ3v) is 2.81. The van der Waals surface area contributed by atoms with Gasteiger partial charge in [-0.05, 0) is 23.1 Å². The van der Waals surface area contributed by atoms with Gasteiger partial charge < -0.3 is 10.3 Å². The van der Waals surface area contributed by atoms with E-state index in [9.17, 15) is 0 Å². The van der Waals surface area contributed by atoms with E-state index in [0.717, 1.165) is 12.4 Å². The summed E-state index contributed by atoms with van der Waals surface area (Å²) in [7, 11) is 1.91. The highest BCUT2D eigenvalue weighted by Crippen LogP contribution is 2.15. The van der Waals surface area contributed by atoms with Gasteiger partial charge in [0.1, 0.15) is 5.82 Å². The fourth-order valence-corrected chi connectivity index (χ4v) is 1.91. The van der Waals surface area contributed by atoms with Crippen molar-refractivity contribution in [1.29, 1.82) is 0 Å². The molecule has 0 radical (unpaired) electrons. The topological polar surface area (TPSA) is 45.6 Å². The number of aromatic nitrogens is 3. The Morgan fingerprint density at radius 2 is 2.24 bits per heavy atom. The number of fused-ring (bicyclic) bond motifs is 1. The van der Waals surface area contributed by atoms with Gasteiger partial charge in [-0.25, -0.2) is 0 Å². The summed E-state index contributed by atoms with van der Waals surface area (Å²) in [6.07, 6.45) is 3.89. The molecule has 3 aromatic rings. The average Bonchev–Trinajstić information content (AvgIpc) is 2.94. The van der Waals surface area contributed by atoms with E-state index in [1.165, 1.54) is 16.5 Å². The van der Waals surface area contributed by atoms with Gasteiger partial charge in [0.25, 0.3) is 0 Å². The number of hydrogen-bond donors (Lipinski definition) is 2. The van der Waals surface area contributed by atoms with E-state index in [2.05, 4.69) is 39.7 Å². The lowest BCUT2D eigenvalue weighted by molar-refractivity contribution is 0.768. The van der Waals surface area contributed by atoms with Crippen molar-refractivity contribution >= 4 is 16.7 Å². The molecule has 0 saturated carbocycles. The van der Waals surface area contributed by atoms with E-state index in [4.69, 9.17) is 0 Å². The Morgan fingerprint density at radius 3 is 3.06 bits per heavy atom. The van der Waals surface area contributed by atoms with E-state index >= 15 is 0 Å². The van der Waals surface area contributed by atoms with Gasteiger partial charge in [0.2, 0.25) is 0 Å². The van der Waals surface area contributed by atoms with Crippen LogP contribution in [0.5, 0.6) is 0 Å². The Balaban J connectivity index is 1.76. The monoisotopic (exact) mass is 226 g/mol. The number of benzene rings is 1. The largest absolute Gasteiger partial charge is 0.365 e. The van der Waals surface area contributed by atoms with Crippen molar-refractivity contribution in [3.8, 4) is 0 Å². The molecule has 17 heavy (non-hydrogen) atoms. The third kappa shape index (κ3) is 2.01. The highest BCUT2D eigenvalue weighted by molar-refractivity contribution is 5.79. The molecule has 0 spiro atoms. The first-order valence-corrected chi connectivity index (χ1v) is 5.61. The van der Waals surface area contributed by atoms with Crippen LogP contribution >= 0.6 is 0 Å². The van der Waals surface area contributed by atoms with E-state index < -0.39 is 0 Å². The number of aryl methyl sites for hydroxylation is 1. The molecule has 4 nitrogen and oxygen atoms in total. The van der Waals surface area contributed by atoms with Crippen molar-refractivity contribution in [3.63, 3.8) is 0 Å². The van der Waals surface area contributed by atoms with Crippen LogP contribution in [0.1, 0.15) is 5.56 Å². The molecule has 0 atom stereocenters. The predicted molar refractivity (Wildman–Crippen MR) is 68.8 cm³/mol. The summed E-state index contributed by atoms with van der Waals surface area (Å²) in [6.45, 7) is 0.784. The Bertz CT molecular complexity index is 635. The minimum Gasteiger partial charge on any atom is -0.365 e. The van der Waals surface area contributed by atoms with Gasteiger partial charge in [0.15, 0.2) is 0 Å². The maximum absolute atomic E-state index is 4.28. The normalized spacial score (nSPS) is 10.9. The average molecular weight is 226 g/mol. The predicted octanol–water partition coefficient (Wildman–Crippen LogP) is 2.51. The first kappa shape index (κ1) is 9.96. The number of H-pyrrole nitrogens is 1. The zero-order valence-electron chi connectivity index (χ0n) is 9.64. The fourth-order valence-electron chi connectivity index (χ4n) is 1.91. The SMILES string of the molecule is Cn1ccc(NCc2ccc3cc[nH]c3c2)n1. The lowest BCUT2D eigenvalue weighted by atomic mass is 10.1. The van der Waals surface area contributed by atoms with Crippen molar-refractivity contribution in [2.75, 3.05) is 5.32 Å². The summed E-state index contributed by atoms with van der Waals surface area (Å²) in [6, 6.07) is 10.5. The van der Waals surface area contributed by atoms with Crippen LogP contribution in [0.4, 0.5) is 5.82 Å². The van der Waals surface area contributed by atoms with Crippen LogP contribution in [0.3, 0.4) is 0 Å². The molecule has 2 N–H and O–H groups in total. The third-order valence-electron chi connectivity index (χ3n) is 2.81.